The molecule has 3 rings (SSSR count). The lowest BCUT2D eigenvalue weighted by molar-refractivity contribution is 0.270. The minimum atomic E-state index is -0.220. The van der Waals surface area contributed by atoms with Gasteiger partial charge < -0.3 is 33.7 Å². The molecule has 9 heteroatoms. The van der Waals surface area contributed by atoms with Gasteiger partial charge in [0.1, 0.15) is 23.0 Å². The van der Waals surface area contributed by atoms with Crippen molar-refractivity contribution >= 4 is 5.95 Å². The van der Waals surface area contributed by atoms with Crippen molar-refractivity contribution in [3.63, 3.8) is 0 Å². The van der Waals surface area contributed by atoms with Crippen molar-refractivity contribution in [3.8, 4) is 28.9 Å². The Morgan fingerprint density at radius 3 is 1.70 bits per heavy atom. The number of benzene rings is 2. The molecule has 0 aliphatic carbocycles. The Morgan fingerprint density at radius 2 is 1.27 bits per heavy atom. The zero-order valence-corrected chi connectivity index (χ0v) is 19.5. The predicted octanol–water partition coefficient (Wildman–Crippen LogP) is 3.22. The SMILES string of the molecule is COc1ccc(CN(Cc2ccc(OC)cc2OC)c2ncc(CO)c(OC)n2)c(OC)c1. The number of ether oxygens (including phenoxy) is 5. The molecular formula is C24H29N3O6. The van der Waals surface area contributed by atoms with Gasteiger partial charge in [0.25, 0.3) is 0 Å². The van der Waals surface area contributed by atoms with E-state index in [1.165, 1.54) is 7.11 Å². The number of hydrogen-bond acceptors (Lipinski definition) is 9. The van der Waals surface area contributed by atoms with Gasteiger partial charge in [-0.25, -0.2) is 4.98 Å². The third-order valence-electron chi connectivity index (χ3n) is 5.17. The molecule has 2 aromatic carbocycles. The van der Waals surface area contributed by atoms with E-state index in [2.05, 4.69) is 9.97 Å². The Morgan fingerprint density at radius 1 is 0.727 bits per heavy atom. The van der Waals surface area contributed by atoms with E-state index in [0.717, 1.165) is 11.1 Å². The summed E-state index contributed by atoms with van der Waals surface area (Å²) in [4.78, 5) is 11.0. The third-order valence-corrected chi connectivity index (χ3v) is 5.17. The standard InChI is InChI=1S/C24H29N3O6/c1-29-19-8-6-16(21(10-19)31-3)13-27(24-25-12-18(15-28)23(26-24)33-5)14-17-7-9-20(30-2)11-22(17)32-4/h6-12,28H,13-15H2,1-5H3. The van der Waals surface area contributed by atoms with Crippen LogP contribution in [0.15, 0.2) is 42.6 Å². The van der Waals surface area contributed by atoms with Crippen LogP contribution in [0, 0.1) is 0 Å². The molecule has 0 unspecified atom stereocenters. The fourth-order valence-corrected chi connectivity index (χ4v) is 3.39. The molecular weight excluding hydrogens is 426 g/mol. The Hall–Kier alpha value is -3.72. The van der Waals surface area contributed by atoms with Crippen molar-refractivity contribution in [1.82, 2.24) is 9.97 Å². The molecule has 0 spiro atoms. The summed E-state index contributed by atoms with van der Waals surface area (Å²) in [6.07, 6.45) is 1.56. The van der Waals surface area contributed by atoms with Gasteiger partial charge in [-0.3, -0.25) is 0 Å². The average molecular weight is 456 g/mol. The van der Waals surface area contributed by atoms with E-state index in [0.29, 0.717) is 53.5 Å². The van der Waals surface area contributed by atoms with Crippen molar-refractivity contribution in [3.05, 3.63) is 59.3 Å². The molecule has 0 saturated carbocycles. The van der Waals surface area contributed by atoms with Gasteiger partial charge in [0.2, 0.25) is 11.8 Å². The van der Waals surface area contributed by atoms with Crippen LogP contribution in [0.2, 0.25) is 0 Å². The lowest BCUT2D eigenvalue weighted by atomic mass is 10.1. The van der Waals surface area contributed by atoms with Gasteiger partial charge >= 0.3 is 0 Å². The van der Waals surface area contributed by atoms with Gasteiger partial charge in [-0.15, -0.1) is 0 Å². The fourth-order valence-electron chi connectivity index (χ4n) is 3.39. The van der Waals surface area contributed by atoms with Gasteiger partial charge in [-0.1, -0.05) is 0 Å². The average Bonchev–Trinajstić information content (AvgIpc) is 2.87. The molecule has 0 bridgehead atoms. The number of aromatic nitrogens is 2. The van der Waals surface area contributed by atoms with Gasteiger partial charge in [-0.05, 0) is 24.3 Å². The zero-order chi connectivity index (χ0) is 23.8. The molecule has 1 aromatic heterocycles. The number of rotatable bonds is 11. The van der Waals surface area contributed by atoms with Gasteiger partial charge in [0.15, 0.2) is 0 Å². The van der Waals surface area contributed by atoms with E-state index in [4.69, 9.17) is 23.7 Å². The van der Waals surface area contributed by atoms with Crippen molar-refractivity contribution in [2.75, 3.05) is 40.4 Å². The predicted molar refractivity (Wildman–Crippen MR) is 123 cm³/mol. The van der Waals surface area contributed by atoms with E-state index in [9.17, 15) is 5.11 Å². The molecule has 0 aliphatic rings. The highest BCUT2D eigenvalue weighted by Crippen LogP contribution is 2.31. The van der Waals surface area contributed by atoms with Crippen LogP contribution >= 0.6 is 0 Å². The summed E-state index contributed by atoms with van der Waals surface area (Å²) >= 11 is 0. The highest BCUT2D eigenvalue weighted by atomic mass is 16.5. The van der Waals surface area contributed by atoms with E-state index >= 15 is 0 Å². The topological polar surface area (TPSA) is 95.4 Å². The Labute approximate surface area is 193 Å². The number of methoxy groups -OCH3 is 5. The normalized spacial score (nSPS) is 10.5. The summed E-state index contributed by atoms with van der Waals surface area (Å²) in [5.74, 6) is 3.50. The summed E-state index contributed by atoms with van der Waals surface area (Å²) in [6, 6.07) is 11.3. The summed E-state index contributed by atoms with van der Waals surface area (Å²) < 4.78 is 27.2. The Bertz CT molecular complexity index is 1020. The van der Waals surface area contributed by atoms with E-state index in [1.54, 1.807) is 34.6 Å². The molecule has 0 aliphatic heterocycles. The van der Waals surface area contributed by atoms with Crippen LogP contribution in [0.4, 0.5) is 5.95 Å². The fraction of sp³-hybridized carbons (Fsp3) is 0.333. The molecule has 0 fully saturated rings. The molecule has 0 radical (unpaired) electrons. The molecule has 0 atom stereocenters. The summed E-state index contributed by atoms with van der Waals surface area (Å²) in [5.41, 5.74) is 2.34. The minimum Gasteiger partial charge on any atom is -0.497 e. The van der Waals surface area contributed by atoms with Crippen LogP contribution in [-0.2, 0) is 19.7 Å². The number of aliphatic hydroxyl groups excluding tert-OH is 1. The number of nitrogens with zero attached hydrogens (tertiary/aromatic N) is 3. The van der Waals surface area contributed by atoms with Gasteiger partial charge in [0.05, 0.1) is 47.7 Å². The second kappa shape index (κ2) is 11.2. The van der Waals surface area contributed by atoms with Crippen LogP contribution in [0.1, 0.15) is 16.7 Å². The molecule has 33 heavy (non-hydrogen) atoms. The number of hydrogen-bond donors (Lipinski definition) is 1. The zero-order valence-electron chi connectivity index (χ0n) is 19.5. The van der Waals surface area contributed by atoms with Crippen LogP contribution in [0.5, 0.6) is 28.9 Å². The maximum atomic E-state index is 9.55. The highest BCUT2D eigenvalue weighted by molar-refractivity contribution is 5.47. The highest BCUT2D eigenvalue weighted by Gasteiger charge is 2.19. The second-order valence-electron chi connectivity index (χ2n) is 7.07. The van der Waals surface area contributed by atoms with Crippen molar-refractivity contribution < 1.29 is 28.8 Å². The number of anilines is 1. The summed E-state index contributed by atoms with van der Waals surface area (Å²) in [7, 11) is 7.96. The lowest BCUT2D eigenvalue weighted by Crippen LogP contribution is -2.25. The first kappa shape index (κ1) is 23.9. The van der Waals surface area contributed by atoms with Gasteiger partial charge in [-0.2, -0.15) is 4.98 Å². The number of aliphatic hydroxyl groups is 1. The summed E-state index contributed by atoms with van der Waals surface area (Å²) in [5, 5.41) is 9.55. The molecule has 0 saturated heterocycles. The molecule has 1 N–H and O–H groups in total. The molecule has 176 valence electrons. The Kier molecular flexibility index (Phi) is 8.15. The smallest absolute Gasteiger partial charge is 0.229 e. The van der Waals surface area contributed by atoms with E-state index < -0.39 is 0 Å². The van der Waals surface area contributed by atoms with Crippen LogP contribution in [0.25, 0.3) is 0 Å². The van der Waals surface area contributed by atoms with E-state index in [1.807, 2.05) is 41.3 Å². The van der Waals surface area contributed by atoms with Crippen LogP contribution in [0.3, 0.4) is 0 Å². The quantitative estimate of drug-likeness (QED) is 0.467. The molecule has 0 amide bonds. The Balaban J connectivity index is 2.04. The lowest BCUT2D eigenvalue weighted by Gasteiger charge is -2.25. The molecule has 3 aromatic rings. The van der Waals surface area contributed by atoms with Gasteiger partial charge in [0, 0.05) is 42.5 Å². The van der Waals surface area contributed by atoms with Crippen LogP contribution < -0.4 is 28.6 Å². The first-order valence-electron chi connectivity index (χ1n) is 10.2. The largest absolute Gasteiger partial charge is 0.497 e. The molecule has 9 nitrogen and oxygen atoms in total. The first-order valence-corrected chi connectivity index (χ1v) is 10.2. The summed E-state index contributed by atoms with van der Waals surface area (Å²) in [6.45, 7) is 0.649. The van der Waals surface area contributed by atoms with Crippen molar-refractivity contribution in [1.29, 1.82) is 0 Å². The van der Waals surface area contributed by atoms with Crippen molar-refractivity contribution in [2.24, 2.45) is 0 Å². The third kappa shape index (κ3) is 5.56. The first-order chi connectivity index (χ1) is 16.1. The monoisotopic (exact) mass is 455 g/mol. The second-order valence-corrected chi connectivity index (χ2v) is 7.07. The van der Waals surface area contributed by atoms with Crippen LogP contribution in [-0.4, -0.2) is 50.6 Å². The van der Waals surface area contributed by atoms with Crippen molar-refractivity contribution in [2.45, 2.75) is 19.7 Å². The maximum Gasteiger partial charge on any atom is 0.229 e. The van der Waals surface area contributed by atoms with E-state index in [-0.39, 0.29) is 6.61 Å². The maximum absolute atomic E-state index is 9.55. The minimum absolute atomic E-state index is 0.220. The molecule has 1 heterocycles.